The molecule has 0 nitrogen and oxygen atoms in total. The van der Waals surface area contributed by atoms with Crippen molar-refractivity contribution in [3.8, 4) is 0 Å². The first-order valence-electron chi connectivity index (χ1n) is 7.49. The van der Waals surface area contributed by atoms with Crippen LogP contribution in [0.25, 0.3) is 0 Å². The van der Waals surface area contributed by atoms with Crippen molar-refractivity contribution < 1.29 is 17.6 Å². The van der Waals surface area contributed by atoms with Crippen molar-refractivity contribution in [3.63, 3.8) is 0 Å². The van der Waals surface area contributed by atoms with Crippen LogP contribution in [0.1, 0.15) is 22.3 Å². The number of benzene rings is 3. The molecule has 0 N–H and O–H groups in total. The molecular weight excluding hydrogens is 316 g/mol. The summed E-state index contributed by atoms with van der Waals surface area (Å²) >= 11 is 0. The quantitative estimate of drug-likeness (QED) is 0.442. The molecule has 0 saturated carbocycles. The van der Waals surface area contributed by atoms with E-state index in [1.54, 1.807) is 60.7 Å². The van der Waals surface area contributed by atoms with E-state index in [1.807, 2.05) is 0 Å². The Balaban J connectivity index is 2.02. The Bertz CT molecular complexity index is 741. The Kier molecular flexibility index (Phi) is 4.65. The molecule has 0 heterocycles. The smallest absolute Gasteiger partial charge is 0.165 e. The Labute approximate surface area is 137 Å². The van der Waals surface area contributed by atoms with E-state index in [-0.39, 0.29) is 12.8 Å². The fourth-order valence-corrected chi connectivity index (χ4v) is 2.63. The molecule has 0 aliphatic heterocycles. The molecule has 0 unspecified atom stereocenters. The van der Waals surface area contributed by atoms with Crippen LogP contribution in [0.3, 0.4) is 0 Å². The van der Waals surface area contributed by atoms with Gasteiger partial charge < -0.3 is 0 Å². The van der Waals surface area contributed by atoms with Gasteiger partial charge in [-0.2, -0.15) is 0 Å². The van der Waals surface area contributed by atoms with Crippen molar-refractivity contribution in [2.24, 2.45) is 0 Å². The first-order chi connectivity index (χ1) is 11.6. The predicted molar refractivity (Wildman–Crippen MR) is 84.8 cm³/mol. The van der Waals surface area contributed by atoms with Gasteiger partial charge in [-0.05, 0) is 11.1 Å². The Morgan fingerprint density at radius 2 is 0.750 bits per heavy atom. The molecule has 4 heteroatoms. The van der Waals surface area contributed by atoms with Crippen molar-refractivity contribution in [2.75, 3.05) is 0 Å². The maximum Gasteiger partial charge on any atom is 0.165 e. The maximum absolute atomic E-state index is 14.3. The lowest BCUT2D eigenvalue weighted by Crippen LogP contribution is -2.10. The molecule has 0 aliphatic rings. The average Bonchev–Trinajstić information content (AvgIpc) is 2.62. The van der Waals surface area contributed by atoms with Gasteiger partial charge in [-0.25, -0.2) is 17.6 Å². The Morgan fingerprint density at radius 3 is 1.04 bits per heavy atom. The first-order valence-corrected chi connectivity index (χ1v) is 7.49. The van der Waals surface area contributed by atoms with Crippen molar-refractivity contribution in [1.82, 2.24) is 0 Å². The van der Waals surface area contributed by atoms with Gasteiger partial charge in [0.25, 0.3) is 0 Å². The average molecular weight is 330 g/mol. The largest absolute Gasteiger partial charge is 0.203 e. The second-order valence-corrected chi connectivity index (χ2v) is 5.54. The molecule has 0 radical (unpaired) electrons. The lowest BCUT2D eigenvalue weighted by atomic mass is 9.97. The number of hydrogen-bond donors (Lipinski definition) is 0. The molecule has 0 spiro atoms. The van der Waals surface area contributed by atoms with Gasteiger partial charge in [0.1, 0.15) is 0 Å². The van der Waals surface area contributed by atoms with Gasteiger partial charge in [-0.15, -0.1) is 0 Å². The number of halogens is 4. The Morgan fingerprint density at radius 1 is 0.458 bits per heavy atom. The minimum absolute atomic E-state index is 0.210. The second kappa shape index (κ2) is 6.87. The summed E-state index contributed by atoms with van der Waals surface area (Å²) in [5.41, 5.74) is -0.0316. The van der Waals surface area contributed by atoms with E-state index < -0.39 is 34.4 Å². The highest BCUT2D eigenvalue weighted by molar-refractivity contribution is 5.36. The number of hydrogen-bond acceptors (Lipinski definition) is 0. The molecular formula is C20H14F4. The highest BCUT2D eigenvalue weighted by Gasteiger charge is 2.25. The third-order valence-electron chi connectivity index (χ3n) is 3.89. The van der Waals surface area contributed by atoms with E-state index in [0.717, 1.165) is 0 Å². The lowest BCUT2D eigenvalue weighted by molar-refractivity contribution is 0.430. The van der Waals surface area contributed by atoms with Gasteiger partial charge >= 0.3 is 0 Å². The predicted octanol–water partition coefficient (Wildman–Crippen LogP) is 5.42. The van der Waals surface area contributed by atoms with Gasteiger partial charge in [0.05, 0.1) is 0 Å². The molecule has 0 amide bonds. The summed E-state index contributed by atoms with van der Waals surface area (Å²) in [5, 5.41) is 0. The molecule has 3 aromatic rings. The lowest BCUT2D eigenvalue weighted by Gasteiger charge is -2.12. The van der Waals surface area contributed by atoms with E-state index in [0.29, 0.717) is 11.1 Å². The summed E-state index contributed by atoms with van der Waals surface area (Å²) in [7, 11) is 0. The SMILES string of the molecule is Fc1c(F)c(Cc2ccccc2)c(F)c(F)c1Cc1ccccc1. The minimum Gasteiger partial charge on any atom is -0.203 e. The van der Waals surface area contributed by atoms with E-state index >= 15 is 0 Å². The van der Waals surface area contributed by atoms with Crippen LogP contribution in [-0.2, 0) is 12.8 Å². The molecule has 0 fully saturated rings. The molecule has 0 aromatic heterocycles. The third kappa shape index (κ3) is 3.18. The normalized spacial score (nSPS) is 10.8. The van der Waals surface area contributed by atoms with Crippen LogP contribution in [0.2, 0.25) is 0 Å². The van der Waals surface area contributed by atoms with E-state index in [4.69, 9.17) is 0 Å². The number of rotatable bonds is 4. The summed E-state index contributed by atoms with van der Waals surface area (Å²) < 4.78 is 57.2. The minimum atomic E-state index is -1.33. The molecule has 0 saturated heterocycles. The fraction of sp³-hybridized carbons (Fsp3) is 0.100. The Hall–Kier alpha value is -2.62. The molecule has 0 bridgehead atoms. The van der Waals surface area contributed by atoms with Crippen molar-refractivity contribution >= 4 is 0 Å². The van der Waals surface area contributed by atoms with Crippen LogP contribution in [0, 0.1) is 23.3 Å². The second-order valence-electron chi connectivity index (χ2n) is 5.54. The van der Waals surface area contributed by atoms with E-state index in [1.165, 1.54) is 0 Å². The van der Waals surface area contributed by atoms with Gasteiger partial charge in [0.2, 0.25) is 0 Å². The topological polar surface area (TPSA) is 0 Å². The van der Waals surface area contributed by atoms with Crippen LogP contribution in [0.5, 0.6) is 0 Å². The molecule has 24 heavy (non-hydrogen) atoms. The van der Waals surface area contributed by atoms with Gasteiger partial charge in [-0.3, -0.25) is 0 Å². The zero-order valence-corrected chi connectivity index (χ0v) is 12.7. The first kappa shape index (κ1) is 16.2. The van der Waals surface area contributed by atoms with Crippen LogP contribution in [0.4, 0.5) is 17.6 Å². The molecule has 3 rings (SSSR count). The molecule has 122 valence electrons. The van der Waals surface area contributed by atoms with E-state index in [9.17, 15) is 17.6 Å². The summed E-state index contributed by atoms with van der Waals surface area (Å²) in [5.74, 6) is -5.32. The van der Waals surface area contributed by atoms with Crippen LogP contribution >= 0.6 is 0 Å². The summed E-state index contributed by atoms with van der Waals surface area (Å²) in [4.78, 5) is 0. The van der Waals surface area contributed by atoms with Gasteiger partial charge in [-0.1, -0.05) is 60.7 Å². The summed E-state index contributed by atoms with van der Waals surface area (Å²) in [6.45, 7) is 0. The summed E-state index contributed by atoms with van der Waals surface area (Å²) in [6, 6.07) is 16.9. The van der Waals surface area contributed by atoms with Gasteiger partial charge in [0, 0.05) is 24.0 Å². The monoisotopic (exact) mass is 330 g/mol. The molecule has 0 aliphatic carbocycles. The highest BCUT2D eigenvalue weighted by Crippen LogP contribution is 2.27. The van der Waals surface area contributed by atoms with Gasteiger partial charge in [0.15, 0.2) is 23.3 Å². The van der Waals surface area contributed by atoms with Crippen molar-refractivity contribution in [1.29, 1.82) is 0 Å². The molecule has 3 aromatic carbocycles. The zero-order valence-electron chi connectivity index (χ0n) is 12.7. The fourth-order valence-electron chi connectivity index (χ4n) is 2.63. The van der Waals surface area contributed by atoms with Crippen molar-refractivity contribution in [2.45, 2.75) is 12.8 Å². The maximum atomic E-state index is 14.3. The summed E-state index contributed by atoms with van der Waals surface area (Å²) in [6.07, 6.45) is -0.421. The third-order valence-corrected chi connectivity index (χ3v) is 3.89. The zero-order chi connectivity index (χ0) is 17.1. The van der Waals surface area contributed by atoms with Crippen molar-refractivity contribution in [3.05, 3.63) is 106 Å². The molecule has 0 atom stereocenters. The van der Waals surface area contributed by atoms with Crippen LogP contribution < -0.4 is 0 Å². The standard InChI is InChI=1S/C20H14F4/c21-17-15(11-13-7-3-1-4-8-13)18(22)20(24)16(19(17)23)12-14-9-5-2-6-10-14/h1-10H,11-12H2. The van der Waals surface area contributed by atoms with Crippen LogP contribution in [-0.4, -0.2) is 0 Å². The highest BCUT2D eigenvalue weighted by atomic mass is 19.2. The van der Waals surface area contributed by atoms with Crippen LogP contribution in [0.15, 0.2) is 60.7 Å². The van der Waals surface area contributed by atoms with E-state index in [2.05, 4.69) is 0 Å².